The Morgan fingerprint density at radius 2 is 0.689 bits per heavy atom. The van der Waals surface area contributed by atoms with Crippen LogP contribution in [0.1, 0.15) is 22.3 Å². The average molecular weight is 942 g/mol. The Morgan fingerprint density at radius 1 is 0.257 bits per heavy atom. The second kappa shape index (κ2) is 16.7. The van der Waals surface area contributed by atoms with E-state index in [9.17, 15) is 0 Å². The number of hydrogen-bond donors (Lipinski definition) is 0. The molecule has 2 aromatic heterocycles. The highest BCUT2D eigenvalue weighted by atomic mass is 16.3. The maximum Gasteiger partial charge on any atom is 0.164 e. The van der Waals surface area contributed by atoms with Crippen molar-refractivity contribution in [3.05, 3.63) is 283 Å². The molecular weight excluding hydrogens is 899 g/mol. The zero-order valence-corrected chi connectivity index (χ0v) is 40.1. The van der Waals surface area contributed by atoms with Gasteiger partial charge in [-0.25, -0.2) is 15.0 Å². The van der Waals surface area contributed by atoms with E-state index in [4.69, 9.17) is 19.4 Å². The quantitative estimate of drug-likeness (QED) is 0.160. The monoisotopic (exact) mass is 941 g/mol. The van der Waals surface area contributed by atoms with Gasteiger partial charge in [-0.05, 0) is 107 Å². The second-order valence-electron chi connectivity index (χ2n) is 19.3. The van der Waals surface area contributed by atoms with Crippen LogP contribution in [0, 0.1) is 0 Å². The second-order valence-corrected chi connectivity index (χ2v) is 19.3. The molecule has 2 aliphatic rings. The number of rotatable bonds is 7. The van der Waals surface area contributed by atoms with E-state index in [-0.39, 0.29) is 5.41 Å². The van der Waals surface area contributed by atoms with Crippen molar-refractivity contribution in [3.63, 3.8) is 0 Å². The zero-order valence-electron chi connectivity index (χ0n) is 40.1. The van der Waals surface area contributed by atoms with E-state index in [0.717, 1.165) is 72.0 Å². The fourth-order valence-electron chi connectivity index (χ4n) is 12.2. The normalized spacial score (nSPS) is 12.7. The highest BCUT2D eigenvalue weighted by molar-refractivity contribution is 6.13. The molecule has 15 rings (SSSR count). The van der Waals surface area contributed by atoms with Crippen LogP contribution in [0.4, 0.5) is 0 Å². The van der Waals surface area contributed by atoms with Gasteiger partial charge in [0.1, 0.15) is 11.2 Å². The topological polar surface area (TPSA) is 51.8 Å². The van der Waals surface area contributed by atoms with Crippen LogP contribution in [-0.4, -0.2) is 15.0 Å². The molecule has 0 saturated carbocycles. The van der Waals surface area contributed by atoms with Gasteiger partial charge in [-0.1, -0.05) is 243 Å². The Morgan fingerprint density at radius 3 is 1.38 bits per heavy atom. The minimum absolute atomic E-state index is 0.387. The lowest BCUT2D eigenvalue weighted by Crippen LogP contribution is -2.25. The summed E-state index contributed by atoms with van der Waals surface area (Å²) in [6.07, 6.45) is 0. The largest absolute Gasteiger partial charge is 0.456 e. The molecule has 0 saturated heterocycles. The minimum Gasteiger partial charge on any atom is -0.456 e. The van der Waals surface area contributed by atoms with Gasteiger partial charge >= 0.3 is 0 Å². The van der Waals surface area contributed by atoms with E-state index >= 15 is 0 Å². The SMILES string of the molecule is c1ccc(-c2ccc(-c3nc(-c4ccccc4-c4ccccc4)nc(-c4cccc5oc6ccc(-c7ccc(-c8cccc9c8-c8ccccc8C98c9ccccc9-c9ccccc98)cc7)cc6c45)n3)cc2)cc1. The number of nitrogens with zero attached hydrogens (tertiary/aromatic N) is 3. The fourth-order valence-corrected chi connectivity index (χ4v) is 12.2. The summed E-state index contributed by atoms with van der Waals surface area (Å²) >= 11 is 0. The number of hydrogen-bond acceptors (Lipinski definition) is 4. The lowest BCUT2D eigenvalue weighted by Gasteiger charge is -2.30. The first-order valence-electron chi connectivity index (χ1n) is 25.2. The maximum atomic E-state index is 6.63. The van der Waals surface area contributed by atoms with Crippen LogP contribution in [0.25, 0.3) is 123 Å². The van der Waals surface area contributed by atoms with Gasteiger partial charge in [0.15, 0.2) is 17.5 Å². The van der Waals surface area contributed by atoms with Gasteiger partial charge < -0.3 is 4.42 Å². The van der Waals surface area contributed by atoms with E-state index < -0.39 is 0 Å². The first-order chi connectivity index (χ1) is 36.7. The molecule has 0 radical (unpaired) electrons. The van der Waals surface area contributed by atoms with Gasteiger partial charge in [0.25, 0.3) is 0 Å². The predicted molar refractivity (Wildman–Crippen MR) is 301 cm³/mol. The summed E-state index contributed by atoms with van der Waals surface area (Å²) in [6.45, 7) is 0. The molecule has 2 heterocycles. The Labute approximate surface area is 428 Å². The van der Waals surface area contributed by atoms with E-state index in [1.807, 2.05) is 30.3 Å². The van der Waals surface area contributed by atoms with Crippen LogP contribution >= 0.6 is 0 Å². The summed E-state index contributed by atoms with van der Waals surface area (Å²) in [5.41, 5.74) is 23.5. The number of benzene rings is 11. The lowest BCUT2D eigenvalue weighted by molar-refractivity contribution is 0.669. The minimum atomic E-state index is -0.387. The van der Waals surface area contributed by atoms with Crippen molar-refractivity contribution in [1.29, 1.82) is 0 Å². The summed E-state index contributed by atoms with van der Waals surface area (Å²) in [4.78, 5) is 15.8. The van der Waals surface area contributed by atoms with E-state index in [0.29, 0.717) is 17.5 Å². The molecular formula is C70H43N3O. The van der Waals surface area contributed by atoms with Crippen LogP contribution in [0.15, 0.2) is 265 Å². The molecule has 13 aromatic rings. The predicted octanol–water partition coefficient (Wildman–Crippen LogP) is 17.8. The first-order valence-corrected chi connectivity index (χ1v) is 25.2. The van der Waals surface area contributed by atoms with Crippen LogP contribution in [0.2, 0.25) is 0 Å². The molecule has 74 heavy (non-hydrogen) atoms. The van der Waals surface area contributed by atoms with Gasteiger partial charge in [0.2, 0.25) is 0 Å². The summed E-state index contributed by atoms with van der Waals surface area (Å²) in [5, 5.41) is 1.96. The van der Waals surface area contributed by atoms with Crippen molar-refractivity contribution in [2.45, 2.75) is 5.41 Å². The number of fused-ring (bicyclic) bond motifs is 13. The van der Waals surface area contributed by atoms with Crippen LogP contribution in [0.3, 0.4) is 0 Å². The molecule has 0 N–H and O–H groups in total. The van der Waals surface area contributed by atoms with Gasteiger partial charge in [0.05, 0.1) is 5.41 Å². The van der Waals surface area contributed by atoms with Gasteiger partial charge in [0, 0.05) is 27.5 Å². The third-order valence-corrected chi connectivity index (χ3v) is 15.4. The highest BCUT2D eigenvalue weighted by Crippen LogP contribution is 2.64. The van der Waals surface area contributed by atoms with E-state index in [2.05, 4.69) is 231 Å². The Hall–Kier alpha value is -9.77. The Bertz CT molecular complexity index is 4300. The molecule has 2 aliphatic carbocycles. The molecule has 1 spiro atoms. The average Bonchev–Trinajstić information content (AvgIpc) is 4.17. The molecule has 11 aromatic carbocycles. The molecule has 0 fully saturated rings. The maximum absolute atomic E-state index is 6.63. The van der Waals surface area contributed by atoms with Gasteiger partial charge in [-0.15, -0.1) is 0 Å². The fraction of sp³-hybridized carbons (Fsp3) is 0.0143. The molecule has 0 bridgehead atoms. The van der Waals surface area contributed by atoms with Crippen molar-refractivity contribution < 1.29 is 4.42 Å². The summed E-state index contributed by atoms with van der Waals surface area (Å²) in [5.74, 6) is 1.77. The molecule has 0 unspecified atom stereocenters. The molecule has 0 aliphatic heterocycles. The molecule has 4 heteroatoms. The summed E-state index contributed by atoms with van der Waals surface area (Å²) in [7, 11) is 0. The molecule has 344 valence electrons. The summed E-state index contributed by atoms with van der Waals surface area (Å²) in [6, 6.07) is 93.4. The van der Waals surface area contributed by atoms with Gasteiger partial charge in [-0.2, -0.15) is 0 Å². The van der Waals surface area contributed by atoms with Crippen molar-refractivity contribution in [1.82, 2.24) is 15.0 Å². The molecule has 4 nitrogen and oxygen atoms in total. The molecule has 0 amide bonds. The Balaban J connectivity index is 0.845. The smallest absolute Gasteiger partial charge is 0.164 e. The standard InChI is InChI=1S/C70H43N3O/c1-3-17-44(18-4-1)45-35-39-49(40-36-45)67-71-68(55-24-8-7-21-51(55)47-19-5-2-6-20-47)73-69(72-67)57-27-16-32-64-66(57)58-43-50(41-42-63(58)74-64)46-33-37-48(38-34-46)52-26-15-31-62-65(52)56-25-11-14-30-61(56)70(62)59-28-12-9-22-53(59)54-23-10-13-29-60(54)70/h1-43H. The summed E-state index contributed by atoms with van der Waals surface area (Å²) < 4.78 is 6.63. The van der Waals surface area contributed by atoms with Crippen molar-refractivity contribution in [2.75, 3.05) is 0 Å². The van der Waals surface area contributed by atoms with Crippen molar-refractivity contribution in [3.8, 4) is 101 Å². The highest BCUT2D eigenvalue weighted by Gasteiger charge is 2.52. The number of furan rings is 1. The van der Waals surface area contributed by atoms with Crippen LogP contribution in [-0.2, 0) is 5.41 Å². The van der Waals surface area contributed by atoms with E-state index in [1.165, 1.54) is 55.6 Å². The third-order valence-electron chi connectivity index (χ3n) is 15.4. The first kappa shape index (κ1) is 42.0. The van der Waals surface area contributed by atoms with Crippen molar-refractivity contribution >= 4 is 21.9 Å². The molecule has 0 atom stereocenters. The third kappa shape index (κ3) is 6.38. The number of aromatic nitrogens is 3. The van der Waals surface area contributed by atoms with Gasteiger partial charge in [-0.3, -0.25) is 0 Å². The van der Waals surface area contributed by atoms with Crippen molar-refractivity contribution in [2.24, 2.45) is 0 Å². The lowest BCUT2D eigenvalue weighted by atomic mass is 9.70. The van der Waals surface area contributed by atoms with E-state index in [1.54, 1.807) is 0 Å². The van der Waals surface area contributed by atoms with Crippen LogP contribution < -0.4 is 0 Å². The Kier molecular flexibility index (Phi) is 9.45. The zero-order chi connectivity index (χ0) is 48.7. The van der Waals surface area contributed by atoms with Crippen LogP contribution in [0.5, 0.6) is 0 Å².